The summed E-state index contributed by atoms with van der Waals surface area (Å²) in [7, 11) is 1.53. The molecule has 0 spiro atoms. The fourth-order valence-corrected chi connectivity index (χ4v) is 7.43. The molecule has 5 fully saturated rings. The monoisotopic (exact) mass is 494 g/mol. The molecule has 2 unspecified atom stereocenters. The molecule has 8 heteroatoms. The van der Waals surface area contributed by atoms with Crippen LogP contribution in [0, 0.1) is 23.6 Å². The largest absolute Gasteiger partial charge is 0.497 e. The quantitative estimate of drug-likeness (QED) is 0.661. The lowest BCUT2D eigenvalue weighted by Crippen LogP contribution is -2.61. The first-order valence-electron chi connectivity index (χ1n) is 13.2. The molecule has 7 nitrogen and oxygen atoms in total. The Hall–Kier alpha value is -2.87. The highest BCUT2D eigenvalue weighted by atomic mass is 19.1. The number of carbonyl (C=O) groups is 1. The molecule has 36 heavy (non-hydrogen) atoms. The number of nitrogens with zero attached hydrogens (tertiary/aromatic N) is 3. The van der Waals surface area contributed by atoms with Gasteiger partial charge in [-0.05, 0) is 80.5 Å². The van der Waals surface area contributed by atoms with Crippen molar-refractivity contribution in [3.05, 3.63) is 47.9 Å². The molecular formula is C28H35FN4O3. The van der Waals surface area contributed by atoms with Gasteiger partial charge >= 0.3 is 0 Å². The number of hydrogen-bond donors (Lipinski definition) is 2. The number of anilines is 2. The molecule has 2 heterocycles. The molecule has 1 amide bonds. The number of ether oxygens (including phenoxy) is 1. The SMILES string of the molecule is COc1ccc(N2CCCN(c3cccc(C(=O)N[C@H]4C5CC6CC4C[C@](O)(C6)C5)n3)CC2)c(F)c1. The van der Waals surface area contributed by atoms with Gasteiger partial charge in [-0.2, -0.15) is 0 Å². The predicted molar refractivity (Wildman–Crippen MR) is 136 cm³/mol. The lowest BCUT2D eigenvalue weighted by molar-refractivity contribution is -0.136. The zero-order valence-electron chi connectivity index (χ0n) is 20.8. The third-order valence-electron chi connectivity index (χ3n) is 8.82. The molecule has 4 aliphatic carbocycles. The molecule has 1 aromatic heterocycles. The molecule has 2 N–H and O–H groups in total. The molecular weight excluding hydrogens is 459 g/mol. The molecule has 1 aromatic carbocycles. The van der Waals surface area contributed by atoms with Crippen molar-refractivity contribution >= 4 is 17.4 Å². The molecule has 4 saturated carbocycles. The number of methoxy groups -OCH3 is 1. The highest BCUT2D eigenvalue weighted by Gasteiger charge is 2.55. The fraction of sp³-hybridized carbons (Fsp3) is 0.571. The Labute approximate surface area is 211 Å². The number of carbonyl (C=O) groups excluding carboxylic acids is 1. The Morgan fingerprint density at radius 1 is 1.08 bits per heavy atom. The van der Waals surface area contributed by atoms with E-state index in [4.69, 9.17) is 9.72 Å². The van der Waals surface area contributed by atoms with E-state index >= 15 is 0 Å². The Kier molecular flexibility index (Phi) is 6.02. The van der Waals surface area contributed by atoms with Gasteiger partial charge in [0.05, 0.1) is 18.4 Å². The zero-order chi connectivity index (χ0) is 24.9. The number of pyridine rings is 1. The highest BCUT2D eigenvalue weighted by molar-refractivity contribution is 5.93. The first-order chi connectivity index (χ1) is 17.4. The van der Waals surface area contributed by atoms with Crippen molar-refractivity contribution < 1.29 is 19.0 Å². The predicted octanol–water partition coefficient (Wildman–Crippen LogP) is 3.62. The van der Waals surface area contributed by atoms with Crippen molar-refractivity contribution in [1.82, 2.24) is 10.3 Å². The van der Waals surface area contributed by atoms with Gasteiger partial charge in [-0.15, -0.1) is 0 Å². The van der Waals surface area contributed by atoms with Crippen molar-refractivity contribution in [3.8, 4) is 5.75 Å². The van der Waals surface area contributed by atoms with Gasteiger partial charge in [0.1, 0.15) is 23.1 Å². The second-order valence-electron chi connectivity index (χ2n) is 11.2. The molecule has 4 bridgehead atoms. The van der Waals surface area contributed by atoms with Crippen molar-refractivity contribution in [2.45, 2.75) is 50.2 Å². The standard InChI is InChI=1S/C28H35FN4O3/c1-36-21-6-7-24(22(29)14-21)32-8-3-9-33(11-10-32)25-5-2-4-23(30-25)27(34)31-26-19-12-18-13-20(26)17-28(35,15-18)16-19/h2,4-7,14,18-20,26,35H,3,8-13,15-17H2,1H3,(H,31,34)/t18?,19?,20?,26-,28-. The summed E-state index contributed by atoms with van der Waals surface area (Å²) in [6, 6.07) is 10.7. The highest BCUT2D eigenvalue weighted by Crippen LogP contribution is 2.55. The third-order valence-corrected chi connectivity index (χ3v) is 8.82. The molecule has 2 aromatic rings. The number of hydrogen-bond acceptors (Lipinski definition) is 6. The van der Waals surface area contributed by atoms with E-state index < -0.39 is 5.60 Å². The molecule has 0 radical (unpaired) electrons. The summed E-state index contributed by atoms with van der Waals surface area (Å²) in [5, 5.41) is 14.1. The maximum Gasteiger partial charge on any atom is 0.270 e. The van der Waals surface area contributed by atoms with E-state index in [2.05, 4.69) is 15.1 Å². The van der Waals surface area contributed by atoms with E-state index in [-0.39, 0.29) is 17.8 Å². The zero-order valence-corrected chi connectivity index (χ0v) is 20.8. The summed E-state index contributed by atoms with van der Waals surface area (Å²) in [6.07, 6.45) is 5.61. The van der Waals surface area contributed by atoms with E-state index in [1.807, 2.05) is 12.1 Å². The topological polar surface area (TPSA) is 77.9 Å². The molecule has 1 saturated heterocycles. The first-order valence-corrected chi connectivity index (χ1v) is 13.2. The summed E-state index contributed by atoms with van der Waals surface area (Å²) >= 11 is 0. The first kappa shape index (κ1) is 23.5. The normalized spacial score (nSPS) is 31.3. The van der Waals surface area contributed by atoms with Crippen LogP contribution in [0.1, 0.15) is 49.0 Å². The fourth-order valence-electron chi connectivity index (χ4n) is 7.43. The second kappa shape index (κ2) is 9.21. The van der Waals surface area contributed by atoms with Gasteiger partial charge in [-0.25, -0.2) is 9.37 Å². The summed E-state index contributed by atoms with van der Waals surface area (Å²) < 4.78 is 19.8. The van der Waals surface area contributed by atoms with Gasteiger partial charge in [0.25, 0.3) is 5.91 Å². The van der Waals surface area contributed by atoms with E-state index in [0.29, 0.717) is 48.0 Å². The van der Waals surface area contributed by atoms with E-state index in [1.165, 1.54) is 13.2 Å². The number of aliphatic hydroxyl groups is 1. The minimum Gasteiger partial charge on any atom is -0.497 e. The molecule has 7 rings (SSSR count). The summed E-state index contributed by atoms with van der Waals surface area (Å²) in [5.74, 6) is 2.22. The van der Waals surface area contributed by atoms with E-state index in [9.17, 15) is 14.3 Å². The van der Waals surface area contributed by atoms with Crippen LogP contribution in [0.15, 0.2) is 36.4 Å². The number of rotatable bonds is 5. The van der Waals surface area contributed by atoms with Gasteiger partial charge in [-0.1, -0.05) is 6.07 Å². The van der Waals surface area contributed by atoms with Gasteiger partial charge in [0.2, 0.25) is 0 Å². The number of amides is 1. The summed E-state index contributed by atoms with van der Waals surface area (Å²) in [5.41, 5.74) is 0.507. The van der Waals surface area contributed by atoms with Crippen LogP contribution in [0.25, 0.3) is 0 Å². The smallest absolute Gasteiger partial charge is 0.270 e. The van der Waals surface area contributed by atoms with Gasteiger partial charge < -0.3 is 25.0 Å². The number of aromatic nitrogens is 1. The van der Waals surface area contributed by atoms with Crippen LogP contribution in [-0.2, 0) is 0 Å². The van der Waals surface area contributed by atoms with Gasteiger partial charge in [0.15, 0.2) is 0 Å². The molecule has 192 valence electrons. The van der Waals surface area contributed by atoms with Crippen LogP contribution >= 0.6 is 0 Å². The number of benzene rings is 1. The van der Waals surface area contributed by atoms with Crippen LogP contribution in [0.4, 0.5) is 15.9 Å². The maximum absolute atomic E-state index is 14.6. The van der Waals surface area contributed by atoms with Gasteiger partial charge in [0, 0.05) is 38.3 Å². The van der Waals surface area contributed by atoms with E-state index in [1.54, 1.807) is 18.2 Å². The summed E-state index contributed by atoms with van der Waals surface area (Å²) in [6.45, 7) is 2.89. The average Bonchev–Trinajstić information content (AvgIpc) is 3.11. The van der Waals surface area contributed by atoms with Crippen LogP contribution in [0.5, 0.6) is 5.75 Å². The molecule has 1 aliphatic heterocycles. The van der Waals surface area contributed by atoms with Crippen molar-refractivity contribution in [2.75, 3.05) is 43.1 Å². The van der Waals surface area contributed by atoms with Crippen molar-refractivity contribution in [3.63, 3.8) is 0 Å². The van der Waals surface area contributed by atoms with Gasteiger partial charge in [-0.3, -0.25) is 4.79 Å². The summed E-state index contributed by atoms with van der Waals surface area (Å²) in [4.78, 5) is 22.2. The molecule has 2 atom stereocenters. The van der Waals surface area contributed by atoms with Crippen LogP contribution in [-0.4, -0.2) is 60.9 Å². The minimum atomic E-state index is -0.509. The Morgan fingerprint density at radius 3 is 2.56 bits per heavy atom. The van der Waals surface area contributed by atoms with E-state index in [0.717, 1.165) is 57.4 Å². The number of halogens is 1. The maximum atomic E-state index is 14.6. The molecule has 5 aliphatic rings. The Bertz CT molecular complexity index is 1130. The average molecular weight is 495 g/mol. The lowest BCUT2D eigenvalue weighted by atomic mass is 9.52. The van der Waals surface area contributed by atoms with Crippen LogP contribution in [0.2, 0.25) is 0 Å². The van der Waals surface area contributed by atoms with Crippen LogP contribution < -0.4 is 19.9 Å². The van der Waals surface area contributed by atoms with Crippen molar-refractivity contribution in [2.24, 2.45) is 17.8 Å². The number of nitrogens with one attached hydrogen (secondary N) is 1. The second-order valence-corrected chi connectivity index (χ2v) is 11.2. The third kappa shape index (κ3) is 4.40. The Morgan fingerprint density at radius 2 is 1.83 bits per heavy atom. The van der Waals surface area contributed by atoms with Crippen LogP contribution in [0.3, 0.4) is 0 Å². The van der Waals surface area contributed by atoms with Crippen molar-refractivity contribution in [1.29, 1.82) is 0 Å². The lowest BCUT2D eigenvalue weighted by Gasteiger charge is -2.58. The Balaban J connectivity index is 1.12. The minimum absolute atomic E-state index is 0.127.